The van der Waals surface area contributed by atoms with Crippen molar-refractivity contribution in [3.8, 4) is 105 Å². The van der Waals surface area contributed by atoms with Gasteiger partial charge in [-0.25, -0.2) is 9.67 Å². The maximum Gasteiger partial charge on any atom is 0.304 e. The number of ketones is 4. The predicted molar refractivity (Wildman–Crippen MR) is 505 cm³/mol. The molecule has 138 heavy (non-hydrogen) atoms. The van der Waals surface area contributed by atoms with Gasteiger partial charge in [0.25, 0.3) is 22.2 Å². The number of imidazole rings is 4. The van der Waals surface area contributed by atoms with E-state index in [-0.39, 0.29) is 130 Å². The molecule has 16 aromatic heterocycles. The Morgan fingerprint density at radius 2 is 0.797 bits per heavy atom. The van der Waals surface area contributed by atoms with Gasteiger partial charge in [-0.05, 0) is 187 Å². The number of benzene rings is 1. The van der Waals surface area contributed by atoms with Gasteiger partial charge in [0.1, 0.15) is 80.3 Å². The highest BCUT2D eigenvalue weighted by atomic mass is 16.5. The molecule has 0 unspecified atom stereocenters. The van der Waals surface area contributed by atoms with Crippen LogP contribution in [0.25, 0.3) is 50.2 Å². The Morgan fingerprint density at radius 3 is 1.20 bits per heavy atom. The summed E-state index contributed by atoms with van der Waals surface area (Å²) in [6.45, 7) is 9.89. The highest BCUT2D eigenvalue weighted by Gasteiger charge is 2.31. The van der Waals surface area contributed by atoms with Crippen LogP contribution in [-0.4, -0.2) is 124 Å². The van der Waals surface area contributed by atoms with Crippen molar-refractivity contribution in [1.82, 2.24) is 101 Å². The number of ether oxygens (including phenoxy) is 8. The van der Waals surface area contributed by atoms with Crippen LogP contribution in [0, 0.1) is 11.3 Å². The van der Waals surface area contributed by atoms with Crippen molar-refractivity contribution < 1.29 is 57.1 Å². The van der Waals surface area contributed by atoms with Gasteiger partial charge in [0.05, 0.1) is 51.2 Å². The molecule has 16 heterocycles. The topological polar surface area (TPSA) is 433 Å². The number of nitrogens with zero attached hydrogens (tertiary/aromatic N) is 22. The van der Waals surface area contributed by atoms with Crippen LogP contribution in [0.15, 0.2) is 209 Å². The number of aromatic nitrogens is 21. The van der Waals surface area contributed by atoms with E-state index in [2.05, 4.69) is 66.0 Å². The second-order valence-corrected chi connectivity index (χ2v) is 34.3. The van der Waals surface area contributed by atoms with Gasteiger partial charge in [0.2, 0.25) is 11.8 Å². The Morgan fingerprint density at radius 1 is 0.399 bits per heavy atom. The van der Waals surface area contributed by atoms with Crippen LogP contribution >= 0.6 is 0 Å². The Kier molecular flexibility index (Phi) is 26.5. The summed E-state index contributed by atoms with van der Waals surface area (Å²) >= 11 is 0. The number of pyridine rings is 11. The zero-order valence-electron chi connectivity index (χ0n) is 77.6. The maximum atomic E-state index is 13.1. The number of carbonyl (C=O) groups is 4. The van der Waals surface area contributed by atoms with Crippen LogP contribution < -0.4 is 60.1 Å². The van der Waals surface area contributed by atoms with Gasteiger partial charge in [-0.3, -0.25) is 76.6 Å². The zero-order valence-corrected chi connectivity index (χ0v) is 77.6. The third-order valence-corrected chi connectivity index (χ3v) is 22.6. The largest absolute Gasteiger partial charge is 0.456 e. The fourth-order valence-corrected chi connectivity index (χ4v) is 15.3. The molecule has 3 aliphatic carbocycles. The number of hydrogen-bond donors (Lipinski definition) is 0. The lowest BCUT2D eigenvalue weighted by atomic mass is 10.1. The number of aryl methyl sites for hydroxylation is 7. The molecule has 17 aromatic rings. The predicted octanol–water partition coefficient (Wildman–Crippen LogP) is 15.5. The quantitative estimate of drug-likeness (QED) is 0.0420. The second kappa shape index (κ2) is 39.5. The minimum absolute atomic E-state index is 0.00584. The van der Waals surface area contributed by atoms with Gasteiger partial charge < -0.3 is 56.2 Å². The van der Waals surface area contributed by atoms with Gasteiger partial charge in [-0.15, -0.1) is 0 Å². The van der Waals surface area contributed by atoms with E-state index in [1.807, 2.05) is 44.6 Å². The van der Waals surface area contributed by atoms with E-state index in [0.717, 1.165) is 55.2 Å². The van der Waals surface area contributed by atoms with Crippen LogP contribution in [0.5, 0.6) is 93.3 Å². The van der Waals surface area contributed by atoms with Gasteiger partial charge in [0, 0.05) is 192 Å². The number of carbonyl (C=O) groups excluding carboxylic acids is 4. The minimum atomic E-state index is -0.283. The third-order valence-electron chi connectivity index (χ3n) is 22.6. The number of rotatable bonds is 29. The summed E-state index contributed by atoms with van der Waals surface area (Å²) < 4.78 is 62.1. The molecule has 38 heteroatoms. The number of Topliss-reactive ketones (excluding diaryl/α,β-unsaturated/α-hetero) is 4. The lowest BCUT2D eigenvalue weighted by Crippen LogP contribution is -2.23. The third kappa shape index (κ3) is 21.5. The Labute approximate surface area is 787 Å². The molecule has 0 aliphatic heterocycles. The summed E-state index contributed by atoms with van der Waals surface area (Å²) in [4.78, 5) is 145. The Hall–Kier alpha value is -17.3. The van der Waals surface area contributed by atoms with Crippen molar-refractivity contribution in [3.63, 3.8) is 0 Å². The molecule has 0 bridgehead atoms. The van der Waals surface area contributed by atoms with Crippen molar-refractivity contribution in [2.45, 2.75) is 130 Å². The van der Waals surface area contributed by atoms with Gasteiger partial charge in [0.15, 0.2) is 39.9 Å². The van der Waals surface area contributed by atoms with Gasteiger partial charge >= 0.3 is 24.0 Å². The van der Waals surface area contributed by atoms with E-state index in [1.54, 1.807) is 245 Å². The number of hydrogen-bond acceptors (Lipinski definition) is 29. The molecule has 0 N–H and O–H groups in total. The van der Waals surface area contributed by atoms with E-state index in [9.17, 15) is 43.6 Å². The molecule has 3 fully saturated rings. The normalized spacial score (nSPS) is 12.7. The summed E-state index contributed by atoms with van der Waals surface area (Å²) in [5, 5.41) is 14.2. The maximum absolute atomic E-state index is 13.1. The van der Waals surface area contributed by atoms with Gasteiger partial charge in [-0.2, -0.15) is 40.3 Å². The Balaban J connectivity index is 0.000000127. The van der Waals surface area contributed by atoms with E-state index >= 15 is 0 Å². The number of fused-ring (bicyclic) bond motifs is 4. The highest BCUT2D eigenvalue weighted by Crippen LogP contribution is 2.44. The monoisotopic (exact) mass is 1860 g/mol. The fraction of sp³-hybridized carbons (Fsp3) is 0.270. The lowest BCUT2D eigenvalue weighted by Gasteiger charge is -2.14. The lowest BCUT2D eigenvalue weighted by molar-refractivity contribution is -0.117. The number of nitriles is 1. The molecular weight excluding hydrogens is 1770 g/mol. The fourth-order valence-electron chi connectivity index (χ4n) is 15.3. The summed E-state index contributed by atoms with van der Waals surface area (Å²) in [5.41, 5.74) is 10.2. The molecule has 700 valence electrons. The summed E-state index contributed by atoms with van der Waals surface area (Å²) in [6, 6.07) is 37.6. The molecule has 20 rings (SSSR count). The molecule has 38 nitrogen and oxygen atoms in total. The Bertz CT molecular complexity index is 7720. The first-order valence-corrected chi connectivity index (χ1v) is 44.3. The molecule has 3 saturated carbocycles. The first-order chi connectivity index (χ1) is 66.3. The minimum Gasteiger partial charge on any atom is -0.456 e. The molecule has 0 atom stereocenters. The van der Waals surface area contributed by atoms with Crippen LogP contribution in [0.2, 0.25) is 0 Å². The summed E-state index contributed by atoms with van der Waals surface area (Å²) in [7, 11) is 12.2. The van der Waals surface area contributed by atoms with Crippen LogP contribution in [0.1, 0.15) is 149 Å². The van der Waals surface area contributed by atoms with Crippen molar-refractivity contribution >= 4 is 67.7 Å². The molecule has 3 aliphatic rings. The summed E-state index contributed by atoms with van der Waals surface area (Å²) in [6.07, 6.45) is 26.3. The average Bonchev–Trinajstić information content (AvgIpc) is 1.61. The zero-order chi connectivity index (χ0) is 97.0. The van der Waals surface area contributed by atoms with Gasteiger partial charge in [-0.1, -0.05) is 0 Å². The van der Waals surface area contributed by atoms with Crippen LogP contribution in [0.4, 0.5) is 0 Å². The summed E-state index contributed by atoms with van der Waals surface area (Å²) in [5.74, 6) is 5.91. The van der Waals surface area contributed by atoms with Crippen molar-refractivity contribution in [2.75, 3.05) is 0 Å². The molecule has 0 amide bonds. The van der Waals surface area contributed by atoms with Crippen molar-refractivity contribution in [2.24, 2.45) is 49.3 Å². The van der Waals surface area contributed by atoms with Crippen molar-refractivity contribution in [1.29, 1.82) is 5.26 Å². The standard InChI is InChI=1S/C26H25N7O4.C26H23N5O4.2C24H23N5O4/c1-16(2)32-15-19(33-11-5-9-28-33)14-22(25(32)35)37-26-29-21-6-7-23(30-24(21)31(26)4)36-20-8-10-27-18(13-20)12-17(3)34;1-15(32)10-18-12-19(8-9-28-18)34-22-7-6-21-24(20(22)13-27)31(3)26(29-21)35-23-11-17(16-4-5-16)14-30(2)25(23)33;1-14(30)8-17-10-18(6-7-25-17)32-19-11-20-22(26-12-19)27-24(29(20)3)33-21-9-16(15-4-5-15)13-28(2)23(21)31;1-14(30)10-17-12-18(8-9-25-17)32-21-7-6-19-22(27-21)29(3)24(26-19)33-20-11-16(15-4-5-15)13-28(2)23(20)31/h5-11,13-16H,12H2,1-4H3;6-9,11-12,14,16H,4-5,10H2,1-3H3;6-7,9-13,15H,4-5,8H2,1-3H3;6-9,11-13,15H,4-5,10H2,1-3H3. The SMILES string of the molecule is CC(=O)Cc1cc(Oc2ccc3nc(Oc4cc(-n5cccn5)cn(C(C)C)c4=O)n(C)c3n2)ccn1.CC(=O)Cc1cc(Oc2ccc3nc(Oc4cc(C5CC5)cn(C)c4=O)n(C)c3c2C#N)ccn1.CC(=O)Cc1cc(Oc2ccc3nc(Oc4cc(C5CC5)cn(C)c4=O)n(C)c3n2)ccn1.CC(=O)Cc1cc(Oc2cnc3nc(Oc4cc(C5CC5)cn(C)c4=O)n(C)c3c2)ccn1. The van der Waals surface area contributed by atoms with E-state index in [0.29, 0.717) is 137 Å². The van der Waals surface area contributed by atoms with Crippen molar-refractivity contribution in [3.05, 3.63) is 276 Å². The van der Waals surface area contributed by atoms with E-state index in [1.165, 1.54) is 32.3 Å². The molecule has 0 spiro atoms. The highest BCUT2D eigenvalue weighted by molar-refractivity contribution is 5.86. The van der Waals surface area contributed by atoms with Crippen LogP contribution in [-0.2, 0) is 94.2 Å². The molecule has 0 saturated heterocycles. The van der Waals surface area contributed by atoms with E-state index < -0.39 is 0 Å². The first-order valence-electron chi connectivity index (χ1n) is 44.3. The first kappa shape index (κ1) is 92.6. The van der Waals surface area contributed by atoms with Crippen LogP contribution in [0.3, 0.4) is 0 Å². The van der Waals surface area contributed by atoms with E-state index in [4.69, 9.17) is 37.9 Å². The molecule has 0 radical (unpaired) electrons. The molecular formula is C100H94N22O16. The second-order valence-electron chi connectivity index (χ2n) is 34.3. The molecule has 1 aromatic carbocycles. The average molecular weight is 1860 g/mol. The smallest absolute Gasteiger partial charge is 0.304 e.